The number of aryl methyl sites for hydroxylation is 1. The summed E-state index contributed by atoms with van der Waals surface area (Å²) in [7, 11) is -1.89. The lowest BCUT2D eigenvalue weighted by Gasteiger charge is -2.16. The molecule has 0 aliphatic heterocycles. The van der Waals surface area contributed by atoms with Gasteiger partial charge in [-0.25, -0.2) is 18.4 Å². The first kappa shape index (κ1) is 24.2. The number of H-pyrrole nitrogens is 1. The van der Waals surface area contributed by atoms with Gasteiger partial charge in [0.05, 0.1) is 19.0 Å². The van der Waals surface area contributed by atoms with Gasteiger partial charge in [0, 0.05) is 30.7 Å². The van der Waals surface area contributed by atoms with E-state index in [-0.39, 0.29) is 28.8 Å². The first-order valence-electron chi connectivity index (χ1n) is 10.5. The highest BCUT2D eigenvalue weighted by Gasteiger charge is 2.15. The zero-order valence-corrected chi connectivity index (χ0v) is 20.3. The van der Waals surface area contributed by atoms with Crippen LogP contribution in [0.2, 0.25) is 0 Å². The number of nitrogens with one attached hydrogen (secondary N) is 1. The summed E-state index contributed by atoms with van der Waals surface area (Å²) >= 11 is 0. The summed E-state index contributed by atoms with van der Waals surface area (Å²) in [5, 5.41) is 9.57. The molecule has 0 fully saturated rings. The fourth-order valence-electron chi connectivity index (χ4n) is 3.22. The second-order valence-electron chi connectivity index (χ2n) is 7.83. The lowest BCUT2D eigenvalue weighted by molar-refractivity contribution is 0.0920. The fourth-order valence-corrected chi connectivity index (χ4v) is 3.70. The average Bonchev–Trinajstić information content (AvgIpc) is 3.40. The Morgan fingerprint density at radius 2 is 1.86 bits per heavy atom. The Labute approximate surface area is 201 Å². The van der Waals surface area contributed by atoms with Crippen molar-refractivity contribution in [2.24, 2.45) is 0 Å². The van der Waals surface area contributed by atoms with Crippen LogP contribution in [0.5, 0.6) is 23.3 Å². The number of benzene rings is 1. The topological polar surface area (TPSA) is 150 Å². The minimum Gasteiger partial charge on any atom is -0.491 e. The van der Waals surface area contributed by atoms with Crippen LogP contribution in [0.3, 0.4) is 0 Å². The Kier molecular flexibility index (Phi) is 6.76. The number of rotatable bonds is 9. The smallest absolute Gasteiger partial charge is 0.253 e. The van der Waals surface area contributed by atoms with E-state index in [1.165, 1.54) is 6.20 Å². The molecule has 184 valence electrons. The van der Waals surface area contributed by atoms with E-state index in [1.807, 2.05) is 19.1 Å². The van der Waals surface area contributed by atoms with Crippen LogP contribution in [0.15, 0.2) is 52.2 Å². The molecule has 1 aromatic carbocycles. The van der Waals surface area contributed by atoms with Crippen LogP contribution in [-0.2, 0) is 14.6 Å². The van der Waals surface area contributed by atoms with Crippen LogP contribution in [-0.4, -0.2) is 59.5 Å². The van der Waals surface area contributed by atoms with Gasteiger partial charge in [0.25, 0.3) is 5.88 Å². The van der Waals surface area contributed by atoms with Gasteiger partial charge in [-0.1, -0.05) is 0 Å². The normalized spacial score (nSPS) is 12.5. The lowest BCUT2D eigenvalue weighted by atomic mass is 10.1. The molecule has 3 heterocycles. The SMILES string of the molecule is COC[C@H](C)Oc1cc(Oc2cnc(S(C)(=O)=O)cn2)cc(-c2ccc(-c3nc(O)c(C)o3)[nH]2)c1. The molecule has 0 saturated carbocycles. The summed E-state index contributed by atoms with van der Waals surface area (Å²) < 4.78 is 45.7. The van der Waals surface area contributed by atoms with E-state index in [0.717, 1.165) is 18.0 Å². The molecule has 0 saturated heterocycles. The number of nitrogens with zero attached hydrogens (tertiary/aromatic N) is 3. The van der Waals surface area contributed by atoms with E-state index in [1.54, 1.807) is 32.2 Å². The Morgan fingerprint density at radius 1 is 1.11 bits per heavy atom. The van der Waals surface area contributed by atoms with Crippen molar-refractivity contribution in [2.45, 2.75) is 25.0 Å². The van der Waals surface area contributed by atoms with E-state index in [0.29, 0.717) is 35.3 Å². The largest absolute Gasteiger partial charge is 0.491 e. The van der Waals surface area contributed by atoms with E-state index < -0.39 is 9.84 Å². The van der Waals surface area contributed by atoms with Crippen molar-refractivity contribution in [3.63, 3.8) is 0 Å². The molecule has 1 atom stereocenters. The van der Waals surface area contributed by atoms with Gasteiger partial charge in [-0.05, 0) is 38.1 Å². The summed E-state index contributed by atoms with van der Waals surface area (Å²) in [4.78, 5) is 15.1. The molecule has 11 nitrogen and oxygen atoms in total. The van der Waals surface area contributed by atoms with E-state index in [4.69, 9.17) is 18.6 Å². The van der Waals surface area contributed by atoms with Crippen LogP contribution in [0.25, 0.3) is 22.8 Å². The Morgan fingerprint density at radius 3 is 2.49 bits per heavy atom. The van der Waals surface area contributed by atoms with Crippen LogP contribution in [0.1, 0.15) is 12.7 Å². The standard InChI is InChI=1S/C23H24N4O7S/c1-13(12-31-3)32-16-7-15(18-5-6-19(26-18)23-27-22(28)14(2)33-23)8-17(9-16)34-20-10-25-21(11-24-20)35(4,29)30/h5-11,13,26,28H,12H2,1-4H3/t13-/m0/s1. The van der Waals surface area contributed by atoms with Crippen molar-refractivity contribution >= 4 is 9.84 Å². The van der Waals surface area contributed by atoms with Gasteiger partial charge in [0.2, 0.25) is 11.8 Å². The molecule has 35 heavy (non-hydrogen) atoms. The predicted octanol–water partition coefficient (Wildman–Crippen LogP) is 3.75. The van der Waals surface area contributed by atoms with Crippen molar-refractivity contribution in [1.82, 2.24) is 19.9 Å². The van der Waals surface area contributed by atoms with Crippen LogP contribution < -0.4 is 9.47 Å². The highest BCUT2D eigenvalue weighted by atomic mass is 32.2. The van der Waals surface area contributed by atoms with Gasteiger partial charge in [-0.15, -0.1) is 0 Å². The fraction of sp³-hybridized carbons (Fsp3) is 0.261. The molecule has 4 rings (SSSR count). The molecule has 0 radical (unpaired) electrons. The maximum absolute atomic E-state index is 11.6. The minimum atomic E-state index is -3.48. The summed E-state index contributed by atoms with van der Waals surface area (Å²) in [6, 6.07) is 8.87. The highest BCUT2D eigenvalue weighted by Crippen LogP contribution is 2.34. The molecule has 3 aromatic heterocycles. The molecule has 0 amide bonds. The number of methoxy groups -OCH3 is 1. The molecule has 0 spiro atoms. The molecule has 2 N–H and O–H groups in total. The second-order valence-corrected chi connectivity index (χ2v) is 9.79. The van der Waals surface area contributed by atoms with Gasteiger partial charge in [0.15, 0.2) is 20.6 Å². The van der Waals surface area contributed by atoms with Crippen molar-refractivity contribution < 1.29 is 32.2 Å². The summed E-state index contributed by atoms with van der Waals surface area (Å²) in [5.41, 5.74) is 2.01. The van der Waals surface area contributed by atoms with Gasteiger partial charge >= 0.3 is 0 Å². The summed E-state index contributed by atoms with van der Waals surface area (Å²) in [6.07, 6.45) is 3.20. The monoisotopic (exact) mass is 500 g/mol. The Bertz CT molecular complexity index is 1410. The Hall–Kier alpha value is -3.90. The van der Waals surface area contributed by atoms with Crippen molar-refractivity contribution in [3.8, 4) is 46.1 Å². The lowest BCUT2D eigenvalue weighted by Crippen LogP contribution is -2.17. The van der Waals surface area contributed by atoms with Crippen LogP contribution in [0.4, 0.5) is 0 Å². The predicted molar refractivity (Wildman–Crippen MR) is 125 cm³/mol. The molecule has 12 heteroatoms. The highest BCUT2D eigenvalue weighted by molar-refractivity contribution is 7.90. The van der Waals surface area contributed by atoms with Crippen LogP contribution >= 0.6 is 0 Å². The number of oxazole rings is 1. The second kappa shape index (κ2) is 9.76. The molecule has 4 aromatic rings. The van der Waals surface area contributed by atoms with Crippen molar-refractivity contribution in [3.05, 3.63) is 48.5 Å². The molecular weight excluding hydrogens is 476 g/mol. The molecule has 0 aliphatic rings. The summed E-state index contributed by atoms with van der Waals surface area (Å²) in [6.45, 7) is 3.88. The van der Waals surface area contributed by atoms with Crippen molar-refractivity contribution in [1.29, 1.82) is 0 Å². The number of sulfone groups is 1. The average molecular weight is 501 g/mol. The van der Waals surface area contributed by atoms with Gasteiger partial charge in [-0.3, -0.25) is 0 Å². The maximum Gasteiger partial charge on any atom is 0.253 e. The first-order chi connectivity index (χ1) is 16.6. The third-order valence-electron chi connectivity index (χ3n) is 4.82. The third-order valence-corrected chi connectivity index (χ3v) is 5.80. The molecule has 0 aliphatic carbocycles. The van der Waals surface area contributed by atoms with E-state index in [2.05, 4.69) is 19.9 Å². The zero-order valence-electron chi connectivity index (χ0n) is 19.5. The minimum absolute atomic E-state index is 0.114. The quantitative estimate of drug-likeness (QED) is 0.348. The number of hydrogen-bond donors (Lipinski definition) is 2. The van der Waals surface area contributed by atoms with Crippen molar-refractivity contribution in [2.75, 3.05) is 20.0 Å². The number of aromatic hydroxyl groups is 1. The van der Waals surface area contributed by atoms with Gasteiger partial charge in [-0.2, -0.15) is 4.98 Å². The molecule has 0 bridgehead atoms. The van der Waals surface area contributed by atoms with Crippen LogP contribution in [0, 0.1) is 6.92 Å². The van der Waals surface area contributed by atoms with Gasteiger partial charge < -0.3 is 28.7 Å². The number of hydrogen-bond acceptors (Lipinski definition) is 10. The van der Waals surface area contributed by atoms with Gasteiger partial charge in [0.1, 0.15) is 23.3 Å². The van der Waals surface area contributed by atoms with E-state index in [9.17, 15) is 13.5 Å². The number of ether oxygens (including phenoxy) is 3. The number of aromatic nitrogens is 4. The maximum atomic E-state index is 11.6. The Balaban J connectivity index is 1.67. The zero-order chi connectivity index (χ0) is 25.2. The first-order valence-corrected chi connectivity index (χ1v) is 12.4. The van der Waals surface area contributed by atoms with E-state index >= 15 is 0 Å². The number of aromatic amines is 1. The molecular formula is C23H24N4O7S. The molecule has 0 unspecified atom stereocenters. The third kappa shape index (κ3) is 5.78. The summed E-state index contributed by atoms with van der Waals surface area (Å²) in [5.74, 6) is 1.43.